The molecule has 106 valence electrons. The number of hydrogen-bond donors (Lipinski definition) is 2. The van der Waals surface area contributed by atoms with Gasteiger partial charge in [-0.05, 0) is 43.4 Å². The van der Waals surface area contributed by atoms with Crippen molar-refractivity contribution in [2.75, 3.05) is 12.3 Å². The molecule has 20 heavy (non-hydrogen) atoms. The number of rotatable bonds is 2. The maximum Gasteiger partial charge on any atom is 0.165 e. The Labute approximate surface area is 117 Å². The van der Waals surface area contributed by atoms with E-state index in [-0.39, 0.29) is 0 Å². The predicted octanol–water partition coefficient (Wildman–Crippen LogP) is 1.38. The van der Waals surface area contributed by atoms with Crippen LogP contribution in [0.15, 0.2) is 12.7 Å². The van der Waals surface area contributed by atoms with Crippen LogP contribution in [0, 0.1) is 17.8 Å². The van der Waals surface area contributed by atoms with Crippen LogP contribution in [-0.4, -0.2) is 31.2 Å². The van der Waals surface area contributed by atoms with Crippen LogP contribution in [0.4, 0.5) is 5.82 Å². The Hall–Kier alpha value is -1.69. The molecule has 6 nitrogen and oxygen atoms in total. The number of aliphatic hydroxyl groups is 1. The van der Waals surface area contributed by atoms with Crippen LogP contribution in [0.3, 0.4) is 0 Å². The maximum atomic E-state index is 9.62. The van der Waals surface area contributed by atoms with Crippen molar-refractivity contribution in [3.8, 4) is 0 Å². The Balaban J connectivity index is 1.78. The SMILES string of the molecule is Nc1ncnc2c1ncn2[C@H]1CC[C@@H]2CC[C@@H](CO)[C@@H]21. The van der Waals surface area contributed by atoms with E-state index in [1.54, 1.807) is 0 Å². The summed E-state index contributed by atoms with van der Waals surface area (Å²) in [5.74, 6) is 2.15. The zero-order valence-electron chi connectivity index (χ0n) is 11.3. The van der Waals surface area contributed by atoms with Gasteiger partial charge in [-0.25, -0.2) is 15.0 Å². The second-order valence-corrected chi connectivity index (χ2v) is 6.09. The molecule has 2 aliphatic rings. The van der Waals surface area contributed by atoms with Crippen molar-refractivity contribution >= 4 is 17.0 Å². The molecule has 3 N–H and O–H groups in total. The maximum absolute atomic E-state index is 9.62. The first-order chi connectivity index (χ1) is 9.79. The normalized spacial score (nSPS) is 32.9. The third-order valence-corrected chi connectivity index (χ3v) is 5.25. The van der Waals surface area contributed by atoms with Gasteiger partial charge in [-0.3, -0.25) is 0 Å². The second kappa shape index (κ2) is 4.41. The highest BCUT2D eigenvalue weighted by Gasteiger charge is 2.46. The number of imidazole rings is 1. The van der Waals surface area contributed by atoms with E-state index in [1.165, 1.54) is 19.2 Å². The van der Waals surface area contributed by atoms with Gasteiger partial charge < -0.3 is 15.4 Å². The third kappa shape index (κ3) is 1.57. The van der Waals surface area contributed by atoms with Gasteiger partial charge in [0, 0.05) is 12.6 Å². The number of aromatic nitrogens is 4. The van der Waals surface area contributed by atoms with Crippen molar-refractivity contribution in [2.45, 2.75) is 31.7 Å². The molecular formula is C14H19N5O. The quantitative estimate of drug-likeness (QED) is 0.862. The van der Waals surface area contributed by atoms with E-state index >= 15 is 0 Å². The minimum atomic E-state index is 0.293. The summed E-state index contributed by atoms with van der Waals surface area (Å²) in [7, 11) is 0. The van der Waals surface area contributed by atoms with Gasteiger partial charge in [-0.2, -0.15) is 0 Å². The summed E-state index contributed by atoms with van der Waals surface area (Å²) >= 11 is 0. The molecule has 0 unspecified atom stereocenters. The van der Waals surface area contributed by atoms with Gasteiger partial charge in [0.15, 0.2) is 11.5 Å². The van der Waals surface area contributed by atoms with Gasteiger partial charge in [0.05, 0.1) is 6.33 Å². The zero-order chi connectivity index (χ0) is 13.7. The van der Waals surface area contributed by atoms with Crippen LogP contribution in [0.1, 0.15) is 31.7 Å². The molecule has 2 saturated carbocycles. The molecule has 0 saturated heterocycles. The highest BCUT2D eigenvalue weighted by molar-refractivity contribution is 5.81. The average molecular weight is 273 g/mol. The van der Waals surface area contributed by atoms with E-state index < -0.39 is 0 Å². The summed E-state index contributed by atoms with van der Waals surface area (Å²) in [6, 6.07) is 0.388. The molecule has 2 fully saturated rings. The summed E-state index contributed by atoms with van der Waals surface area (Å²) in [6.07, 6.45) is 8.12. The summed E-state index contributed by atoms with van der Waals surface area (Å²) in [5, 5.41) is 9.62. The molecule has 0 aromatic carbocycles. The largest absolute Gasteiger partial charge is 0.396 e. The van der Waals surface area contributed by atoms with Gasteiger partial charge >= 0.3 is 0 Å². The van der Waals surface area contributed by atoms with Crippen molar-refractivity contribution in [3.05, 3.63) is 12.7 Å². The summed E-state index contributed by atoms with van der Waals surface area (Å²) < 4.78 is 2.16. The molecule has 2 aliphatic carbocycles. The summed E-state index contributed by atoms with van der Waals surface area (Å²) in [4.78, 5) is 12.7. The van der Waals surface area contributed by atoms with Crippen molar-refractivity contribution in [3.63, 3.8) is 0 Å². The van der Waals surface area contributed by atoms with Crippen LogP contribution < -0.4 is 5.73 Å². The Morgan fingerprint density at radius 1 is 1.20 bits per heavy atom. The van der Waals surface area contributed by atoms with Gasteiger partial charge in [0.2, 0.25) is 0 Å². The Morgan fingerprint density at radius 3 is 2.90 bits per heavy atom. The molecule has 2 heterocycles. The van der Waals surface area contributed by atoms with Gasteiger partial charge in [0.1, 0.15) is 11.8 Å². The highest BCUT2D eigenvalue weighted by Crippen LogP contribution is 2.53. The Kier molecular flexibility index (Phi) is 2.66. The molecule has 4 atom stereocenters. The number of hydrogen-bond acceptors (Lipinski definition) is 5. The number of nitrogens with two attached hydrogens (primary N) is 1. The van der Waals surface area contributed by atoms with Gasteiger partial charge in [-0.15, -0.1) is 0 Å². The van der Waals surface area contributed by atoms with Crippen molar-refractivity contribution < 1.29 is 5.11 Å². The standard InChI is InChI=1S/C14H19N5O/c15-13-12-14(17-6-16-13)19(7-18-12)10-4-3-8-1-2-9(5-20)11(8)10/h6-11,20H,1-5H2,(H2,15,16,17)/t8-,9-,10-,11+/m0/s1. The molecule has 2 aromatic rings. The Bertz CT molecular complexity index is 640. The molecule has 2 aromatic heterocycles. The van der Waals surface area contributed by atoms with E-state index in [2.05, 4.69) is 19.5 Å². The fraction of sp³-hybridized carbons (Fsp3) is 0.643. The van der Waals surface area contributed by atoms with Crippen LogP contribution >= 0.6 is 0 Å². The highest BCUT2D eigenvalue weighted by atomic mass is 16.3. The molecule has 0 aliphatic heterocycles. The lowest BCUT2D eigenvalue weighted by molar-refractivity contribution is 0.163. The number of nitrogens with zero attached hydrogens (tertiary/aromatic N) is 4. The fourth-order valence-corrected chi connectivity index (χ4v) is 4.39. The first-order valence-corrected chi connectivity index (χ1v) is 7.33. The van der Waals surface area contributed by atoms with Gasteiger partial charge in [0.25, 0.3) is 0 Å². The number of aliphatic hydroxyl groups excluding tert-OH is 1. The smallest absolute Gasteiger partial charge is 0.165 e. The van der Waals surface area contributed by atoms with Crippen molar-refractivity contribution in [1.29, 1.82) is 0 Å². The van der Waals surface area contributed by atoms with Crippen LogP contribution in [0.25, 0.3) is 11.2 Å². The topological polar surface area (TPSA) is 89.9 Å². The molecule has 6 heteroatoms. The van der Waals surface area contributed by atoms with E-state index in [0.717, 1.165) is 24.4 Å². The van der Waals surface area contributed by atoms with E-state index in [4.69, 9.17) is 5.73 Å². The van der Waals surface area contributed by atoms with Crippen LogP contribution in [-0.2, 0) is 0 Å². The fourth-order valence-electron chi connectivity index (χ4n) is 4.39. The lowest BCUT2D eigenvalue weighted by atomic mass is 9.89. The molecule has 4 rings (SSSR count). The lowest BCUT2D eigenvalue weighted by Crippen LogP contribution is -2.23. The molecular weight excluding hydrogens is 254 g/mol. The van der Waals surface area contributed by atoms with Crippen LogP contribution in [0.5, 0.6) is 0 Å². The number of anilines is 1. The summed E-state index contributed by atoms with van der Waals surface area (Å²) in [6.45, 7) is 0.293. The molecule has 0 spiro atoms. The molecule has 0 radical (unpaired) electrons. The van der Waals surface area contributed by atoms with Crippen molar-refractivity contribution in [2.24, 2.45) is 17.8 Å². The Morgan fingerprint density at radius 2 is 2.05 bits per heavy atom. The number of nitrogen functional groups attached to an aromatic ring is 1. The zero-order valence-corrected chi connectivity index (χ0v) is 11.3. The number of fused-ring (bicyclic) bond motifs is 2. The minimum Gasteiger partial charge on any atom is -0.396 e. The van der Waals surface area contributed by atoms with E-state index in [1.807, 2.05) is 6.33 Å². The lowest BCUT2D eigenvalue weighted by Gasteiger charge is -2.25. The average Bonchev–Trinajstić information content (AvgIpc) is 3.11. The third-order valence-electron chi connectivity index (χ3n) is 5.25. The van der Waals surface area contributed by atoms with Gasteiger partial charge in [-0.1, -0.05) is 0 Å². The predicted molar refractivity (Wildman–Crippen MR) is 74.8 cm³/mol. The summed E-state index contributed by atoms with van der Waals surface area (Å²) in [5.41, 5.74) is 7.38. The minimum absolute atomic E-state index is 0.293. The molecule has 0 bridgehead atoms. The van der Waals surface area contributed by atoms with E-state index in [9.17, 15) is 5.11 Å². The first-order valence-electron chi connectivity index (χ1n) is 7.33. The second-order valence-electron chi connectivity index (χ2n) is 6.09. The van der Waals surface area contributed by atoms with Crippen molar-refractivity contribution in [1.82, 2.24) is 19.5 Å². The monoisotopic (exact) mass is 273 g/mol. The first kappa shape index (κ1) is 12.1. The molecule has 0 amide bonds. The van der Waals surface area contributed by atoms with Crippen LogP contribution in [0.2, 0.25) is 0 Å². The van der Waals surface area contributed by atoms with E-state index in [0.29, 0.717) is 35.8 Å².